The first-order valence-electron chi connectivity index (χ1n) is 47.5. The van der Waals surface area contributed by atoms with E-state index in [1.54, 1.807) is 36.4 Å². The molecule has 55 heteroatoms. The minimum Gasteiger partial charge on any atom is -0.508 e. The molecule has 2 aliphatic rings. The molecule has 53 nitrogen and oxygen atoms in total. The van der Waals surface area contributed by atoms with Crippen molar-refractivity contribution in [1.29, 1.82) is 21.6 Å². The van der Waals surface area contributed by atoms with Crippen LogP contribution in [0.1, 0.15) is 139 Å². The lowest BCUT2D eigenvalue weighted by molar-refractivity contribution is -0.142. The topological polar surface area (TPSA) is 918 Å². The summed E-state index contributed by atoms with van der Waals surface area (Å²) >= 11 is 0. The van der Waals surface area contributed by atoms with E-state index < -0.39 is 228 Å². The van der Waals surface area contributed by atoms with Gasteiger partial charge in [-0.2, -0.15) is 0 Å². The highest BCUT2D eigenvalue weighted by atomic mass is 33.1. The Labute approximate surface area is 844 Å². The molecule has 0 bridgehead atoms. The number of primary amides is 4. The van der Waals surface area contributed by atoms with Crippen LogP contribution < -0.4 is 158 Å². The summed E-state index contributed by atoms with van der Waals surface area (Å²) in [5.41, 5.74) is 57.9. The van der Waals surface area contributed by atoms with Gasteiger partial charge in [-0.15, -0.1) is 0 Å². The number of hydrogen-bond donors (Lipinski definition) is 35. The molecule has 2 aliphatic heterocycles. The third-order valence-electron chi connectivity index (χ3n) is 23.2. The highest BCUT2D eigenvalue weighted by molar-refractivity contribution is 8.76. The van der Waals surface area contributed by atoms with Crippen molar-refractivity contribution in [2.45, 2.75) is 226 Å². The van der Waals surface area contributed by atoms with Crippen molar-refractivity contribution in [3.05, 3.63) is 108 Å². The largest absolute Gasteiger partial charge is 0.508 e. The smallest absolute Gasteiger partial charge is 0.312 e. The van der Waals surface area contributed by atoms with Gasteiger partial charge in [0.25, 0.3) is 0 Å². The van der Waals surface area contributed by atoms with Crippen molar-refractivity contribution in [1.82, 2.24) is 106 Å². The normalized spacial score (nSPS) is 20.0. The molecule has 145 heavy (non-hydrogen) atoms. The number of nitrogens with one attached hydrogen (secondary N) is 23. The van der Waals surface area contributed by atoms with Crippen molar-refractivity contribution in [3.8, 4) is 11.5 Å². The molecular formula is C90H140N34O19S2. The molecule has 4 unspecified atom stereocenters. The van der Waals surface area contributed by atoms with Crippen LogP contribution in [-0.2, 0) is 86.4 Å². The third kappa shape index (κ3) is 44.5. The maximum absolute atomic E-state index is 16.0. The first-order chi connectivity index (χ1) is 69.1. The molecule has 796 valence electrons. The molecule has 0 spiro atoms. The van der Waals surface area contributed by atoms with Crippen molar-refractivity contribution in [3.63, 3.8) is 0 Å². The highest BCUT2D eigenvalue weighted by Gasteiger charge is 2.43. The average molecular weight is 2070 g/mol. The molecule has 4 aromatic carbocycles. The minimum absolute atomic E-state index is 0.00412. The Morgan fingerprint density at radius 1 is 0.400 bits per heavy atom. The molecule has 2 heterocycles. The van der Waals surface area contributed by atoms with Crippen LogP contribution in [0, 0.1) is 21.6 Å². The van der Waals surface area contributed by atoms with Crippen LogP contribution in [-0.4, -0.2) is 295 Å². The number of nitrogens with zero attached hydrogens (tertiary/aromatic N) is 1. The first kappa shape index (κ1) is 119. The average Bonchev–Trinajstić information content (AvgIpc) is 1.77. The monoisotopic (exact) mass is 2070 g/mol. The van der Waals surface area contributed by atoms with E-state index in [9.17, 15) is 34.2 Å². The van der Waals surface area contributed by atoms with Crippen LogP contribution in [0.5, 0.6) is 11.5 Å². The number of carbonyl (C=O) groups excluding carboxylic acids is 17. The quantitative estimate of drug-likeness (QED) is 0.00846. The van der Waals surface area contributed by atoms with Crippen LogP contribution in [0.15, 0.2) is 91.0 Å². The minimum atomic E-state index is -1.92. The number of amides is 20. The number of unbranched alkanes of at least 4 members (excludes halogenated alkanes) is 1. The molecule has 14 atom stereocenters. The Hall–Kier alpha value is -15.2. The molecule has 0 radical (unpaired) electrons. The van der Waals surface area contributed by atoms with E-state index in [-0.39, 0.29) is 210 Å². The SMILES string of the molecule is N=C(N)NCCCC1NC(=O)[C@H](Cc2ccc(O)cc2)NC(=O)[C@@H]2CCCN2C(=O)C(CCCNC(N)=O)NC(=O)[C@H](CCCCN)NC(=O)C(CCCNC(N)=O)NC(=O)[C@H](Cc2ccc(O)cc2)NC(=O)[C@@H](NC(=O)[C@H](Cc2ccc3ccccc3c2)NC(=O)[C@H](CCCNC(=N)N)NC(=O)[C@@H](N)CCCNC(=N)N)CSSCC(C(=O)N[C@@H](CCCNC(=N)N)C(N)=O)NC(=O)[C@H](CCCNC(N)=O)NC1=O. The zero-order valence-corrected chi connectivity index (χ0v) is 82.1. The molecular weight excluding hydrogens is 1930 g/mol. The standard InChI is InChI=1S/C90H140N34O19S2/c91-34-4-3-16-58-74(131)118-63(22-11-41-111-90(104)143)83(140)124-42-12-23-69(124)82(139)121-65(45-50-27-32-55(126)33-28-50)78(135)117-60(19-8-38-108-87(100)101)73(130)115-62(21-10-40-110-89(103)142)76(133)122-67(80(137)112-57(70(93)127)17-6-36-106-85(96)97)47-144-145-48-68(81(138)120-64(44-49-25-30-54(125)31-26-49)77(134)116-61(72(129)114-58)20-9-39-109-88(102)141)123-79(136)66(46-51-24-29-52-13-1-2-14-53(52)43-51)119-75(132)59(18-7-37-107-86(98)99)113-71(128)56(92)15-5-35-105-84(94)95/h1-2,13-14,24-33,43,56-69,125-126H,3-12,15-23,34-42,44-48,91-92H2,(H2,93,127)(H,112,137)(H,113,128)(H,114,129)(H,115,130)(H,116,134)(H,117,135)(H,118,131)(H,119,132)(H,120,138)(H,121,139)(H,122,133)(H,123,136)(H4,94,95,105)(H4,96,97,106)(H4,98,99,107)(H4,100,101,108)(H3,102,109,141)(H3,103,110,142)(H3,104,111,143)/t56-,57-,58-,59-,60?,61?,62-,63?,64-,65-,66-,67?,68-,69-/m0/s1. The number of aromatic hydroxyl groups is 2. The molecule has 6 rings (SSSR count). The third-order valence-corrected chi connectivity index (χ3v) is 25.6. The van der Waals surface area contributed by atoms with E-state index in [4.69, 9.17) is 79.0 Å². The van der Waals surface area contributed by atoms with Gasteiger partial charge in [0.05, 0.1) is 6.04 Å². The van der Waals surface area contributed by atoms with Gasteiger partial charge in [-0.3, -0.25) is 88.8 Å². The fourth-order valence-corrected chi connectivity index (χ4v) is 17.9. The molecule has 0 aromatic heterocycles. The number of phenolic OH excluding ortho intramolecular Hbond substituents is 2. The van der Waals surface area contributed by atoms with E-state index in [0.29, 0.717) is 16.5 Å². The number of carbonyl (C=O) groups is 17. The fraction of sp³-hybridized carbons (Fsp3) is 0.522. The molecule has 0 saturated carbocycles. The van der Waals surface area contributed by atoms with Crippen LogP contribution in [0.2, 0.25) is 0 Å². The number of guanidine groups is 4. The van der Waals surface area contributed by atoms with Crippen LogP contribution >= 0.6 is 21.6 Å². The van der Waals surface area contributed by atoms with E-state index in [2.05, 4.69) is 101 Å². The second kappa shape index (κ2) is 63.0. The Morgan fingerprint density at radius 2 is 0.793 bits per heavy atom. The van der Waals surface area contributed by atoms with Crippen LogP contribution in [0.3, 0.4) is 0 Å². The van der Waals surface area contributed by atoms with Gasteiger partial charge in [-0.25, -0.2) is 14.4 Å². The van der Waals surface area contributed by atoms with Gasteiger partial charge in [-0.1, -0.05) is 88.3 Å². The Kier molecular flexibility index (Phi) is 51.5. The first-order valence-corrected chi connectivity index (χ1v) is 50.0. The number of nitrogens with two attached hydrogens (primary N) is 10. The van der Waals surface area contributed by atoms with Gasteiger partial charge in [0.15, 0.2) is 23.8 Å². The summed E-state index contributed by atoms with van der Waals surface area (Å²) in [6, 6.07) is -2.89. The van der Waals surface area contributed by atoms with Crippen LogP contribution in [0.4, 0.5) is 14.4 Å². The summed E-state index contributed by atoms with van der Waals surface area (Å²) in [5.74, 6) is -17.8. The highest BCUT2D eigenvalue weighted by Crippen LogP contribution is 2.27. The molecule has 4 aromatic rings. The summed E-state index contributed by atoms with van der Waals surface area (Å²) in [6.45, 7) is -0.588. The van der Waals surface area contributed by atoms with Crippen molar-refractivity contribution in [2.75, 3.05) is 70.4 Å². The van der Waals surface area contributed by atoms with E-state index >= 15 is 57.5 Å². The van der Waals surface area contributed by atoms with Crippen molar-refractivity contribution >= 4 is 157 Å². The van der Waals surface area contributed by atoms with Crippen molar-refractivity contribution < 1.29 is 91.7 Å². The number of rotatable bonds is 47. The number of urea groups is 3. The predicted molar refractivity (Wildman–Crippen MR) is 541 cm³/mol. The maximum Gasteiger partial charge on any atom is 0.312 e. The second-order valence-electron chi connectivity index (χ2n) is 34.6. The Morgan fingerprint density at radius 3 is 1.26 bits per heavy atom. The van der Waals surface area contributed by atoms with Gasteiger partial charge in [0.2, 0.25) is 82.7 Å². The summed E-state index contributed by atoms with van der Waals surface area (Å²) in [5, 5.41) is 103. The molecule has 0 aliphatic carbocycles. The summed E-state index contributed by atoms with van der Waals surface area (Å²) < 4.78 is 0. The van der Waals surface area contributed by atoms with Gasteiger partial charge < -0.3 is 173 Å². The Balaban J connectivity index is 1.62. The van der Waals surface area contributed by atoms with Gasteiger partial charge >= 0.3 is 18.1 Å². The zero-order valence-electron chi connectivity index (χ0n) is 80.4. The zero-order chi connectivity index (χ0) is 107. The van der Waals surface area contributed by atoms with E-state index in [1.165, 1.54) is 48.5 Å². The summed E-state index contributed by atoms with van der Waals surface area (Å²) in [4.78, 5) is 250. The molecule has 2 fully saturated rings. The van der Waals surface area contributed by atoms with Gasteiger partial charge in [0, 0.05) is 83.1 Å². The van der Waals surface area contributed by atoms with Gasteiger partial charge in [-0.05, 0) is 180 Å². The second-order valence-corrected chi connectivity index (χ2v) is 37.2. The predicted octanol–water partition coefficient (Wildman–Crippen LogP) is -7.18. The lowest BCUT2D eigenvalue weighted by Gasteiger charge is -2.31. The Bertz CT molecular complexity index is 5090. The van der Waals surface area contributed by atoms with E-state index in [1.807, 2.05) is 6.07 Å². The number of fused-ring (bicyclic) bond motifs is 2. The van der Waals surface area contributed by atoms with Gasteiger partial charge in [0.1, 0.15) is 90.0 Å². The number of hydrogen-bond acceptors (Lipinski definition) is 27. The molecule has 20 amide bonds. The number of phenols is 2. The van der Waals surface area contributed by atoms with E-state index in [0.717, 1.165) is 31.9 Å². The lowest BCUT2D eigenvalue weighted by atomic mass is 10.00. The maximum atomic E-state index is 16.0. The van der Waals surface area contributed by atoms with Crippen molar-refractivity contribution in [2.24, 2.45) is 57.3 Å². The summed E-state index contributed by atoms with van der Waals surface area (Å²) in [7, 11) is 1.48. The summed E-state index contributed by atoms with van der Waals surface area (Å²) in [6.07, 6.45) is -2.65. The molecule has 45 N–H and O–H groups in total. The lowest BCUT2D eigenvalue weighted by Crippen LogP contribution is -2.61. The van der Waals surface area contributed by atoms with Crippen LogP contribution in [0.25, 0.3) is 10.8 Å². The molecule has 2 saturated heterocycles. The fourth-order valence-electron chi connectivity index (χ4n) is 15.5. The number of benzene rings is 4.